The van der Waals surface area contributed by atoms with E-state index in [4.69, 9.17) is 4.98 Å². The third-order valence-corrected chi connectivity index (χ3v) is 6.88. The highest BCUT2D eigenvalue weighted by Gasteiger charge is 2.29. The first kappa shape index (κ1) is 19.0. The minimum absolute atomic E-state index is 0.162. The quantitative estimate of drug-likeness (QED) is 0.491. The zero-order valence-electron chi connectivity index (χ0n) is 16.3. The fourth-order valence-corrected chi connectivity index (χ4v) is 5.36. The number of nitrogens with one attached hydrogen (secondary N) is 1. The van der Waals surface area contributed by atoms with Crippen LogP contribution in [0, 0.1) is 13.8 Å². The molecule has 1 N–H and O–H groups in total. The number of aromatic nitrogens is 5. The zero-order valence-corrected chi connectivity index (χ0v) is 18.0. The van der Waals surface area contributed by atoms with Gasteiger partial charge in [0.15, 0.2) is 15.9 Å². The van der Waals surface area contributed by atoms with Gasteiger partial charge in [0, 0.05) is 17.6 Å². The number of fused-ring (bicyclic) bond motifs is 2. The number of aryl methyl sites for hydroxylation is 2. The predicted octanol–water partition coefficient (Wildman–Crippen LogP) is 3.33. The van der Waals surface area contributed by atoms with Crippen LogP contribution in [0.5, 0.6) is 0 Å². The Labute approximate surface area is 180 Å². The molecule has 1 aliphatic rings. The summed E-state index contributed by atoms with van der Waals surface area (Å²) < 4.78 is 3.32. The van der Waals surface area contributed by atoms with Crippen LogP contribution in [0.25, 0.3) is 16.7 Å². The van der Waals surface area contributed by atoms with Crippen molar-refractivity contribution in [3.63, 3.8) is 0 Å². The third kappa shape index (κ3) is 3.31. The lowest BCUT2D eigenvalue weighted by atomic mass is 10.2. The first-order valence-electron chi connectivity index (χ1n) is 9.41. The fourth-order valence-electron chi connectivity index (χ4n) is 3.53. The second kappa shape index (κ2) is 7.37. The maximum absolute atomic E-state index is 13.2. The highest BCUT2D eigenvalue weighted by molar-refractivity contribution is 7.99. The summed E-state index contributed by atoms with van der Waals surface area (Å²) in [6, 6.07) is 7.64. The van der Waals surface area contributed by atoms with Gasteiger partial charge in [-0.05, 0) is 31.5 Å². The first-order chi connectivity index (χ1) is 14.5. The molecule has 1 amide bonds. The zero-order chi connectivity index (χ0) is 20.8. The summed E-state index contributed by atoms with van der Waals surface area (Å²) in [6.45, 7) is 3.89. The van der Waals surface area contributed by atoms with Crippen LogP contribution < -0.4 is 10.9 Å². The lowest BCUT2D eigenvalue weighted by Crippen LogP contribution is -2.27. The molecule has 1 aromatic carbocycles. The topological polar surface area (TPSA) is 94.7 Å². The molecule has 8 nitrogen and oxygen atoms in total. The Kier molecular flexibility index (Phi) is 4.67. The highest BCUT2D eigenvalue weighted by atomic mass is 32.2. The molecule has 0 aliphatic carbocycles. The van der Waals surface area contributed by atoms with Gasteiger partial charge in [-0.2, -0.15) is 5.10 Å². The second-order valence-corrected chi connectivity index (χ2v) is 9.06. The molecule has 4 heterocycles. The van der Waals surface area contributed by atoms with Crippen LogP contribution in [-0.4, -0.2) is 36.0 Å². The number of carbonyl (C=O) groups excluding carboxylic acids is 1. The molecular weight excluding hydrogens is 420 g/mol. The van der Waals surface area contributed by atoms with Crippen molar-refractivity contribution in [2.75, 3.05) is 11.1 Å². The average Bonchev–Trinajstić information content (AvgIpc) is 3.41. The molecule has 1 aliphatic heterocycles. The Morgan fingerprint density at radius 1 is 1.30 bits per heavy atom. The average molecular weight is 439 g/mol. The Hall–Kier alpha value is -2.98. The van der Waals surface area contributed by atoms with E-state index in [9.17, 15) is 9.59 Å². The highest BCUT2D eigenvalue weighted by Crippen LogP contribution is 2.33. The lowest BCUT2D eigenvalue weighted by Gasteiger charge is -2.13. The molecule has 0 spiro atoms. The van der Waals surface area contributed by atoms with Crippen molar-refractivity contribution in [2.45, 2.75) is 31.5 Å². The van der Waals surface area contributed by atoms with E-state index < -0.39 is 0 Å². The summed E-state index contributed by atoms with van der Waals surface area (Å²) >= 11 is 2.87. The number of amides is 1. The molecule has 0 bridgehead atoms. The van der Waals surface area contributed by atoms with Gasteiger partial charge >= 0.3 is 0 Å². The van der Waals surface area contributed by atoms with Gasteiger partial charge in [-0.3, -0.25) is 14.2 Å². The van der Waals surface area contributed by atoms with Gasteiger partial charge in [-0.15, -0.1) is 11.3 Å². The van der Waals surface area contributed by atoms with E-state index in [1.165, 1.54) is 23.1 Å². The van der Waals surface area contributed by atoms with Crippen LogP contribution in [0.1, 0.15) is 23.7 Å². The molecule has 0 saturated carbocycles. The summed E-state index contributed by atoms with van der Waals surface area (Å²) in [7, 11) is 0. The molecule has 0 radical (unpaired) electrons. The maximum Gasteiger partial charge on any atom is 0.265 e. The lowest BCUT2D eigenvalue weighted by molar-refractivity contribution is -0.116. The Balaban J connectivity index is 1.47. The van der Waals surface area contributed by atoms with E-state index in [1.807, 2.05) is 43.5 Å². The van der Waals surface area contributed by atoms with Crippen LogP contribution in [-0.2, 0) is 4.79 Å². The van der Waals surface area contributed by atoms with Gasteiger partial charge in [0.1, 0.15) is 5.39 Å². The van der Waals surface area contributed by atoms with E-state index in [0.29, 0.717) is 27.1 Å². The van der Waals surface area contributed by atoms with Gasteiger partial charge in [-0.25, -0.2) is 14.6 Å². The summed E-state index contributed by atoms with van der Waals surface area (Å²) in [5.41, 5.74) is 3.20. The Morgan fingerprint density at radius 3 is 2.93 bits per heavy atom. The molecule has 0 fully saturated rings. The van der Waals surface area contributed by atoms with Crippen LogP contribution in [0.2, 0.25) is 0 Å². The number of nitrogens with zero attached hydrogens (tertiary/aromatic N) is 5. The van der Waals surface area contributed by atoms with E-state index >= 15 is 0 Å². The van der Waals surface area contributed by atoms with Crippen LogP contribution in [0.3, 0.4) is 0 Å². The van der Waals surface area contributed by atoms with Crippen molar-refractivity contribution in [1.29, 1.82) is 0 Å². The molecule has 10 heteroatoms. The van der Waals surface area contributed by atoms with Gasteiger partial charge in [0.2, 0.25) is 5.91 Å². The van der Waals surface area contributed by atoms with Gasteiger partial charge in [-0.1, -0.05) is 23.9 Å². The van der Waals surface area contributed by atoms with Crippen LogP contribution >= 0.6 is 23.1 Å². The minimum Gasteiger partial charge on any atom is -0.302 e. The second-order valence-electron chi connectivity index (χ2n) is 7.21. The van der Waals surface area contributed by atoms with Crippen molar-refractivity contribution in [2.24, 2.45) is 0 Å². The predicted molar refractivity (Wildman–Crippen MR) is 118 cm³/mol. The number of carbonyl (C=O) groups is 1. The fraction of sp³-hybridized carbons (Fsp3) is 0.250. The SMILES string of the molecule is Cc1cccc(-n2ncc3c(=O)n4c(nc32)SC[C@@H]4CC(=O)Nc2nc(C)cs2)c1. The normalized spacial score (nSPS) is 15.5. The molecule has 1 atom stereocenters. The maximum atomic E-state index is 13.2. The monoisotopic (exact) mass is 438 g/mol. The largest absolute Gasteiger partial charge is 0.302 e. The number of thioether (sulfide) groups is 1. The van der Waals surface area contributed by atoms with Crippen LogP contribution in [0.4, 0.5) is 5.13 Å². The standard InChI is InChI=1S/C20H18N6O2S2/c1-11-4-3-5-13(6-11)26-17-15(8-21-26)18(28)25-14(10-30-20(25)24-17)7-16(27)23-19-22-12(2)9-29-19/h3-6,8-9,14H,7,10H2,1-2H3,(H,22,23,27)/t14-/m0/s1. The number of thiazole rings is 1. The van der Waals surface area contributed by atoms with Gasteiger partial charge in [0.05, 0.1) is 23.6 Å². The van der Waals surface area contributed by atoms with Crippen molar-refractivity contribution in [3.05, 3.63) is 57.5 Å². The first-order valence-corrected chi connectivity index (χ1v) is 11.3. The van der Waals surface area contributed by atoms with E-state index in [0.717, 1.165) is 16.9 Å². The summed E-state index contributed by atoms with van der Waals surface area (Å²) in [4.78, 5) is 34.6. The van der Waals surface area contributed by atoms with Crippen molar-refractivity contribution >= 4 is 45.2 Å². The van der Waals surface area contributed by atoms with Crippen molar-refractivity contribution < 1.29 is 4.79 Å². The van der Waals surface area contributed by atoms with E-state index in [1.54, 1.807) is 15.4 Å². The summed E-state index contributed by atoms with van der Waals surface area (Å²) in [5, 5.41) is 10.7. The summed E-state index contributed by atoms with van der Waals surface area (Å²) in [6.07, 6.45) is 1.75. The molecule has 0 unspecified atom stereocenters. The van der Waals surface area contributed by atoms with E-state index in [2.05, 4.69) is 15.4 Å². The van der Waals surface area contributed by atoms with Crippen molar-refractivity contribution in [3.8, 4) is 5.69 Å². The molecule has 0 saturated heterocycles. The third-order valence-electron chi connectivity index (χ3n) is 4.90. The molecular formula is C20H18N6O2S2. The summed E-state index contributed by atoms with van der Waals surface area (Å²) in [5.74, 6) is 0.460. The van der Waals surface area contributed by atoms with Gasteiger partial charge in [0.25, 0.3) is 5.56 Å². The molecule has 4 aromatic rings. The number of benzene rings is 1. The molecule has 152 valence electrons. The van der Waals surface area contributed by atoms with E-state index in [-0.39, 0.29) is 23.9 Å². The smallest absolute Gasteiger partial charge is 0.265 e. The molecule has 30 heavy (non-hydrogen) atoms. The number of hydrogen-bond donors (Lipinski definition) is 1. The number of rotatable bonds is 4. The Bertz CT molecular complexity index is 1340. The number of hydrogen-bond acceptors (Lipinski definition) is 7. The Morgan fingerprint density at radius 2 is 2.17 bits per heavy atom. The van der Waals surface area contributed by atoms with Gasteiger partial charge < -0.3 is 5.32 Å². The molecule has 5 rings (SSSR count). The number of anilines is 1. The van der Waals surface area contributed by atoms with Crippen LogP contribution in [0.15, 0.2) is 45.8 Å². The molecule has 3 aromatic heterocycles. The minimum atomic E-state index is -0.252. The van der Waals surface area contributed by atoms with Crippen molar-refractivity contribution in [1.82, 2.24) is 24.3 Å².